The lowest BCUT2D eigenvalue weighted by atomic mass is 10.2. The van der Waals surface area contributed by atoms with E-state index in [1.807, 2.05) is 13.0 Å². The minimum absolute atomic E-state index is 0.0802. The Hall–Kier alpha value is -2.56. The number of nitrogens with two attached hydrogens (primary N) is 1. The molecule has 0 aliphatic carbocycles. The van der Waals surface area contributed by atoms with Gasteiger partial charge in [-0.05, 0) is 24.6 Å². The highest BCUT2D eigenvalue weighted by Crippen LogP contribution is 2.17. The van der Waals surface area contributed by atoms with Crippen LogP contribution in [0.5, 0.6) is 0 Å². The standard InChI is InChI=1S/C14H15N3O2/c1-10-2-3-11(15)8-13(10)16-14(19)9-17-6-4-12(18)5-7-17/h2-8H,9,15H2,1H3,(H,16,19). The monoisotopic (exact) mass is 257 g/mol. The van der Waals surface area contributed by atoms with E-state index in [9.17, 15) is 9.59 Å². The van der Waals surface area contributed by atoms with Gasteiger partial charge in [-0.15, -0.1) is 0 Å². The van der Waals surface area contributed by atoms with Crippen LogP contribution in [0.4, 0.5) is 11.4 Å². The number of pyridine rings is 1. The van der Waals surface area contributed by atoms with Gasteiger partial charge in [0.25, 0.3) is 0 Å². The summed E-state index contributed by atoms with van der Waals surface area (Å²) in [7, 11) is 0. The molecule has 1 heterocycles. The molecule has 0 aliphatic rings. The first-order valence-corrected chi connectivity index (χ1v) is 5.87. The summed E-state index contributed by atoms with van der Waals surface area (Å²) in [5, 5.41) is 2.80. The zero-order valence-corrected chi connectivity index (χ0v) is 10.6. The average molecular weight is 257 g/mol. The second kappa shape index (κ2) is 5.39. The molecule has 5 heteroatoms. The number of nitrogen functional groups attached to an aromatic ring is 1. The lowest BCUT2D eigenvalue weighted by Gasteiger charge is -2.10. The van der Waals surface area contributed by atoms with Crippen molar-refractivity contribution in [1.29, 1.82) is 0 Å². The van der Waals surface area contributed by atoms with Gasteiger partial charge in [0.15, 0.2) is 5.43 Å². The van der Waals surface area contributed by atoms with Crippen molar-refractivity contribution < 1.29 is 4.79 Å². The lowest BCUT2D eigenvalue weighted by Crippen LogP contribution is -2.19. The Kier molecular flexibility index (Phi) is 3.66. The summed E-state index contributed by atoms with van der Waals surface area (Å²) in [6.45, 7) is 2.04. The van der Waals surface area contributed by atoms with Gasteiger partial charge >= 0.3 is 0 Å². The van der Waals surface area contributed by atoms with Gasteiger partial charge < -0.3 is 15.6 Å². The molecule has 1 aromatic carbocycles. The molecule has 0 aliphatic heterocycles. The number of hydrogen-bond acceptors (Lipinski definition) is 3. The van der Waals surface area contributed by atoms with Crippen molar-refractivity contribution in [3.8, 4) is 0 Å². The number of carbonyl (C=O) groups is 1. The predicted molar refractivity (Wildman–Crippen MR) is 74.9 cm³/mol. The molecule has 98 valence electrons. The maximum absolute atomic E-state index is 11.9. The number of nitrogens with zero attached hydrogens (tertiary/aromatic N) is 1. The Morgan fingerprint density at radius 2 is 1.95 bits per heavy atom. The van der Waals surface area contributed by atoms with E-state index in [2.05, 4.69) is 5.32 Å². The van der Waals surface area contributed by atoms with Crippen molar-refractivity contribution in [3.05, 3.63) is 58.5 Å². The normalized spacial score (nSPS) is 10.2. The third-order valence-electron chi connectivity index (χ3n) is 2.72. The smallest absolute Gasteiger partial charge is 0.244 e. The summed E-state index contributed by atoms with van der Waals surface area (Å²) < 4.78 is 1.64. The molecule has 0 spiro atoms. The van der Waals surface area contributed by atoms with Crippen molar-refractivity contribution in [2.24, 2.45) is 0 Å². The quantitative estimate of drug-likeness (QED) is 0.815. The molecule has 0 fully saturated rings. The minimum Gasteiger partial charge on any atom is -0.399 e. The van der Waals surface area contributed by atoms with Gasteiger partial charge in [-0.3, -0.25) is 9.59 Å². The van der Waals surface area contributed by atoms with Gasteiger partial charge in [-0.1, -0.05) is 6.07 Å². The van der Waals surface area contributed by atoms with E-state index in [1.54, 1.807) is 29.1 Å². The van der Waals surface area contributed by atoms with Gasteiger partial charge in [0.2, 0.25) is 5.91 Å². The zero-order chi connectivity index (χ0) is 13.8. The molecule has 0 unspecified atom stereocenters. The fourth-order valence-electron chi connectivity index (χ4n) is 1.68. The van der Waals surface area contributed by atoms with Crippen LogP contribution in [0.15, 0.2) is 47.5 Å². The van der Waals surface area contributed by atoms with Crippen LogP contribution in [0.3, 0.4) is 0 Å². The fraction of sp³-hybridized carbons (Fsp3) is 0.143. The van der Waals surface area contributed by atoms with Gasteiger partial charge in [-0.25, -0.2) is 0 Å². The van der Waals surface area contributed by atoms with Crippen LogP contribution < -0.4 is 16.5 Å². The lowest BCUT2D eigenvalue weighted by molar-refractivity contribution is -0.116. The number of aromatic nitrogens is 1. The van der Waals surface area contributed by atoms with Crippen LogP contribution in [-0.4, -0.2) is 10.5 Å². The van der Waals surface area contributed by atoms with Crippen LogP contribution in [0, 0.1) is 6.92 Å². The summed E-state index contributed by atoms with van der Waals surface area (Å²) in [5.41, 5.74) is 7.85. The van der Waals surface area contributed by atoms with E-state index in [4.69, 9.17) is 5.73 Å². The molecule has 0 radical (unpaired) electrons. The highest BCUT2D eigenvalue weighted by molar-refractivity contribution is 5.91. The average Bonchev–Trinajstić information content (AvgIpc) is 2.37. The summed E-state index contributed by atoms with van der Waals surface area (Å²) >= 11 is 0. The number of carbonyl (C=O) groups excluding carboxylic acids is 1. The van der Waals surface area contributed by atoms with Crippen molar-refractivity contribution >= 4 is 17.3 Å². The van der Waals surface area contributed by atoms with Crippen LogP contribution in [-0.2, 0) is 11.3 Å². The molecule has 0 atom stereocenters. The number of anilines is 2. The molecule has 3 N–H and O–H groups in total. The number of amides is 1. The number of nitrogens with one attached hydrogen (secondary N) is 1. The maximum atomic E-state index is 11.9. The van der Waals surface area contributed by atoms with E-state index >= 15 is 0 Å². The van der Waals surface area contributed by atoms with Crippen LogP contribution in [0.25, 0.3) is 0 Å². The minimum atomic E-state index is -0.169. The molecule has 1 aromatic heterocycles. The fourth-order valence-corrected chi connectivity index (χ4v) is 1.68. The first-order valence-electron chi connectivity index (χ1n) is 5.87. The SMILES string of the molecule is Cc1ccc(N)cc1NC(=O)Cn1ccc(=O)cc1. The molecule has 0 saturated carbocycles. The van der Waals surface area contributed by atoms with Crippen molar-refractivity contribution in [1.82, 2.24) is 4.57 Å². The van der Waals surface area contributed by atoms with Crippen molar-refractivity contribution in [2.45, 2.75) is 13.5 Å². The molecule has 2 rings (SSSR count). The van der Waals surface area contributed by atoms with Crippen LogP contribution in [0.2, 0.25) is 0 Å². The summed E-state index contributed by atoms with van der Waals surface area (Å²) in [6.07, 6.45) is 3.16. The Morgan fingerprint density at radius 1 is 1.26 bits per heavy atom. The summed E-state index contributed by atoms with van der Waals surface area (Å²) in [6, 6.07) is 8.19. The number of aryl methyl sites for hydroxylation is 1. The van der Waals surface area contributed by atoms with Crippen LogP contribution in [0.1, 0.15) is 5.56 Å². The first-order chi connectivity index (χ1) is 9.04. The molecule has 0 bridgehead atoms. The number of rotatable bonds is 3. The van der Waals surface area contributed by atoms with E-state index in [0.717, 1.165) is 5.56 Å². The predicted octanol–water partition coefficient (Wildman–Crippen LogP) is 1.38. The maximum Gasteiger partial charge on any atom is 0.244 e. The van der Waals surface area contributed by atoms with Gasteiger partial charge in [0, 0.05) is 35.9 Å². The number of hydrogen-bond donors (Lipinski definition) is 2. The third kappa shape index (κ3) is 3.45. The van der Waals surface area contributed by atoms with E-state index in [0.29, 0.717) is 11.4 Å². The first kappa shape index (κ1) is 12.9. The van der Waals surface area contributed by atoms with E-state index in [-0.39, 0.29) is 17.9 Å². The molecule has 1 amide bonds. The van der Waals surface area contributed by atoms with Crippen molar-refractivity contribution in [2.75, 3.05) is 11.1 Å². The van der Waals surface area contributed by atoms with Gasteiger partial charge in [0.05, 0.1) is 0 Å². The topological polar surface area (TPSA) is 77.1 Å². The largest absolute Gasteiger partial charge is 0.399 e. The van der Waals surface area contributed by atoms with Crippen molar-refractivity contribution in [3.63, 3.8) is 0 Å². The van der Waals surface area contributed by atoms with E-state index in [1.165, 1.54) is 12.1 Å². The molecular formula is C14H15N3O2. The Morgan fingerprint density at radius 3 is 2.63 bits per heavy atom. The van der Waals surface area contributed by atoms with Crippen LogP contribution >= 0.6 is 0 Å². The summed E-state index contributed by atoms with van der Waals surface area (Å²) in [5.74, 6) is -0.169. The summed E-state index contributed by atoms with van der Waals surface area (Å²) in [4.78, 5) is 22.8. The second-order valence-electron chi connectivity index (χ2n) is 4.33. The number of benzene rings is 1. The molecule has 19 heavy (non-hydrogen) atoms. The highest BCUT2D eigenvalue weighted by atomic mass is 16.2. The van der Waals surface area contributed by atoms with E-state index < -0.39 is 0 Å². The third-order valence-corrected chi connectivity index (χ3v) is 2.72. The van der Waals surface area contributed by atoms with Gasteiger partial charge in [0.1, 0.15) is 6.54 Å². The Labute approximate surface area is 110 Å². The molecule has 0 saturated heterocycles. The molecular weight excluding hydrogens is 242 g/mol. The Balaban J connectivity index is 2.07. The molecule has 2 aromatic rings. The zero-order valence-electron chi connectivity index (χ0n) is 10.6. The van der Waals surface area contributed by atoms with Gasteiger partial charge in [-0.2, -0.15) is 0 Å². The highest BCUT2D eigenvalue weighted by Gasteiger charge is 2.05. The Bertz CT molecular complexity index is 641. The second-order valence-corrected chi connectivity index (χ2v) is 4.33. The molecule has 5 nitrogen and oxygen atoms in total.